The first-order valence-corrected chi connectivity index (χ1v) is 5.82. The number of carbonyl (C=O) groups excluding carboxylic acids is 1. The minimum absolute atomic E-state index is 0.0710. The molecule has 1 rings (SSSR count). The number of rotatable bonds is 4. The average molecular weight is 340 g/mol. The predicted molar refractivity (Wildman–Crippen MR) is 65.2 cm³/mol. The summed E-state index contributed by atoms with van der Waals surface area (Å²) in [6.45, 7) is 0.482. The van der Waals surface area contributed by atoms with E-state index in [-0.39, 0.29) is 11.5 Å². The highest BCUT2D eigenvalue weighted by Gasteiger charge is 2.15. The molecule has 88 valence electrons. The van der Waals surface area contributed by atoms with Gasteiger partial charge in [-0.05, 0) is 53.6 Å². The van der Waals surface area contributed by atoms with E-state index in [1.165, 1.54) is 19.1 Å². The fourth-order valence-corrected chi connectivity index (χ4v) is 2.44. The zero-order valence-electron chi connectivity index (χ0n) is 8.89. The molecule has 16 heavy (non-hydrogen) atoms. The third kappa shape index (κ3) is 2.90. The van der Waals surface area contributed by atoms with Crippen LogP contribution in [0.3, 0.4) is 0 Å². The maximum absolute atomic E-state index is 12.1. The molecule has 0 unspecified atom stereocenters. The molecule has 1 aromatic rings. The highest BCUT2D eigenvalue weighted by atomic mass is 127. The topological polar surface area (TPSA) is 26.3 Å². The summed E-state index contributed by atoms with van der Waals surface area (Å²) in [6.07, 6.45) is 0.605. The van der Waals surface area contributed by atoms with E-state index in [2.05, 4.69) is 4.74 Å². The largest absolute Gasteiger partial charge is 0.434 e. The van der Waals surface area contributed by atoms with Crippen molar-refractivity contribution in [1.82, 2.24) is 0 Å². The summed E-state index contributed by atoms with van der Waals surface area (Å²) in [7, 11) is 0. The highest BCUT2D eigenvalue weighted by molar-refractivity contribution is 14.1. The molecule has 0 heterocycles. The van der Waals surface area contributed by atoms with Gasteiger partial charge < -0.3 is 4.74 Å². The van der Waals surface area contributed by atoms with Crippen LogP contribution in [0.15, 0.2) is 12.1 Å². The summed E-state index contributed by atoms with van der Waals surface area (Å²) in [4.78, 5) is 11.3. The molecule has 0 atom stereocenters. The van der Waals surface area contributed by atoms with Crippen molar-refractivity contribution < 1.29 is 18.3 Å². The van der Waals surface area contributed by atoms with Gasteiger partial charge in [-0.3, -0.25) is 4.79 Å². The molecule has 0 spiro atoms. The fourth-order valence-electron chi connectivity index (χ4n) is 1.46. The van der Waals surface area contributed by atoms with Crippen molar-refractivity contribution in [2.45, 2.75) is 26.9 Å². The van der Waals surface area contributed by atoms with Gasteiger partial charge in [0.2, 0.25) is 0 Å². The molecule has 1 aromatic carbocycles. The van der Waals surface area contributed by atoms with Gasteiger partial charge in [-0.25, -0.2) is 0 Å². The summed E-state index contributed by atoms with van der Waals surface area (Å²) in [5, 5.41) is 0. The van der Waals surface area contributed by atoms with Crippen LogP contribution in [-0.2, 0) is 6.42 Å². The van der Waals surface area contributed by atoms with Gasteiger partial charge in [0.1, 0.15) is 5.75 Å². The van der Waals surface area contributed by atoms with Crippen LogP contribution >= 0.6 is 22.6 Å². The molecule has 0 saturated heterocycles. The van der Waals surface area contributed by atoms with E-state index in [9.17, 15) is 13.6 Å². The summed E-state index contributed by atoms with van der Waals surface area (Å²) < 4.78 is 29.2. The fraction of sp³-hybridized carbons (Fsp3) is 0.364. The molecule has 0 N–H and O–H groups in total. The zero-order valence-corrected chi connectivity index (χ0v) is 11.0. The number of carbonyl (C=O) groups is 1. The maximum Gasteiger partial charge on any atom is 0.387 e. The lowest BCUT2D eigenvalue weighted by Crippen LogP contribution is -2.07. The first kappa shape index (κ1) is 13.3. The predicted octanol–water partition coefficient (Wildman–Crippen LogP) is 3.66. The normalized spacial score (nSPS) is 10.6. The second kappa shape index (κ2) is 5.56. The molecule has 5 heteroatoms. The van der Waals surface area contributed by atoms with Crippen LogP contribution in [0.2, 0.25) is 0 Å². The molecule has 0 aromatic heterocycles. The second-order valence-electron chi connectivity index (χ2n) is 3.19. The molecule has 0 fully saturated rings. The van der Waals surface area contributed by atoms with E-state index in [1.807, 2.05) is 29.5 Å². The van der Waals surface area contributed by atoms with Crippen molar-refractivity contribution in [2.24, 2.45) is 0 Å². The Hall–Kier alpha value is -0.720. The summed E-state index contributed by atoms with van der Waals surface area (Å²) in [6, 6.07) is 2.94. The third-order valence-electron chi connectivity index (χ3n) is 2.16. The molecular weight excluding hydrogens is 329 g/mol. The van der Waals surface area contributed by atoms with E-state index in [0.717, 1.165) is 5.56 Å². The minimum atomic E-state index is -2.85. The van der Waals surface area contributed by atoms with Crippen molar-refractivity contribution >= 4 is 28.4 Å². The zero-order chi connectivity index (χ0) is 12.3. The van der Waals surface area contributed by atoms with Crippen LogP contribution in [0.1, 0.15) is 29.8 Å². The first-order valence-electron chi connectivity index (χ1n) is 4.74. The number of hydrogen-bond donors (Lipinski definition) is 0. The Morgan fingerprint density at radius 2 is 2.12 bits per heavy atom. The van der Waals surface area contributed by atoms with Gasteiger partial charge in [0.25, 0.3) is 0 Å². The average Bonchev–Trinajstić information content (AvgIpc) is 2.19. The number of Topliss-reactive ketones (excluding diaryl/α,β-unsaturated/α-hetero) is 1. The number of ether oxygens (including phenoxy) is 1. The van der Waals surface area contributed by atoms with Crippen molar-refractivity contribution in [1.29, 1.82) is 0 Å². The molecule has 0 radical (unpaired) electrons. The number of benzene rings is 1. The number of ketones is 1. The lowest BCUT2D eigenvalue weighted by molar-refractivity contribution is -0.0504. The van der Waals surface area contributed by atoms with Gasteiger partial charge in [-0.1, -0.05) is 6.92 Å². The Balaban J connectivity index is 3.23. The number of hydrogen-bond acceptors (Lipinski definition) is 2. The van der Waals surface area contributed by atoms with Gasteiger partial charge in [0.15, 0.2) is 5.78 Å². The van der Waals surface area contributed by atoms with Crippen LogP contribution < -0.4 is 4.74 Å². The quantitative estimate of drug-likeness (QED) is 0.618. The van der Waals surface area contributed by atoms with E-state index < -0.39 is 6.61 Å². The molecule has 0 aliphatic carbocycles. The first-order chi connectivity index (χ1) is 7.47. The number of alkyl halides is 2. The monoisotopic (exact) mass is 340 g/mol. The van der Waals surface area contributed by atoms with Crippen LogP contribution in [-0.4, -0.2) is 12.4 Å². The minimum Gasteiger partial charge on any atom is -0.434 e. The summed E-state index contributed by atoms with van der Waals surface area (Å²) in [5.41, 5.74) is 1.32. The SMILES string of the molecule is CCc1c(C(C)=O)ccc(OC(F)F)c1I. The lowest BCUT2D eigenvalue weighted by atomic mass is 10.0. The van der Waals surface area contributed by atoms with Gasteiger partial charge in [-0.2, -0.15) is 8.78 Å². The van der Waals surface area contributed by atoms with Crippen LogP contribution in [0.5, 0.6) is 5.75 Å². The van der Waals surface area contributed by atoms with Gasteiger partial charge >= 0.3 is 6.61 Å². The Morgan fingerprint density at radius 1 is 1.50 bits per heavy atom. The van der Waals surface area contributed by atoms with Crippen LogP contribution in [0.25, 0.3) is 0 Å². The lowest BCUT2D eigenvalue weighted by Gasteiger charge is -2.12. The molecule has 0 aliphatic heterocycles. The molecule has 0 saturated carbocycles. The standard InChI is InChI=1S/C11H11F2IO2/c1-3-7-8(6(2)15)4-5-9(10(7)14)16-11(12)13/h4-5,11H,3H2,1-2H3. The van der Waals surface area contributed by atoms with Crippen LogP contribution in [0, 0.1) is 3.57 Å². The maximum atomic E-state index is 12.1. The van der Waals surface area contributed by atoms with Crippen molar-refractivity contribution in [3.8, 4) is 5.75 Å². The molecule has 0 bridgehead atoms. The molecule has 2 nitrogen and oxygen atoms in total. The Morgan fingerprint density at radius 3 is 2.56 bits per heavy atom. The molecule has 0 aliphatic rings. The Bertz CT molecular complexity index is 405. The van der Waals surface area contributed by atoms with E-state index in [1.54, 1.807) is 0 Å². The highest BCUT2D eigenvalue weighted by Crippen LogP contribution is 2.29. The van der Waals surface area contributed by atoms with Gasteiger partial charge in [0, 0.05) is 5.56 Å². The van der Waals surface area contributed by atoms with Gasteiger partial charge in [-0.15, -0.1) is 0 Å². The van der Waals surface area contributed by atoms with Crippen LogP contribution in [0.4, 0.5) is 8.78 Å². The van der Waals surface area contributed by atoms with E-state index >= 15 is 0 Å². The van der Waals surface area contributed by atoms with Crippen molar-refractivity contribution in [2.75, 3.05) is 0 Å². The molecule has 0 amide bonds. The Kier molecular flexibility index (Phi) is 4.64. The van der Waals surface area contributed by atoms with E-state index in [0.29, 0.717) is 15.6 Å². The third-order valence-corrected chi connectivity index (χ3v) is 3.34. The van der Waals surface area contributed by atoms with Gasteiger partial charge in [0.05, 0.1) is 3.57 Å². The van der Waals surface area contributed by atoms with Crippen molar-refractivity contribution in [3.63, 3.8) is 0 Å². The smallest absolute Gasteiger partial charge is 0.387 e. The second-order valence-corrected chi connectivity index (χ2v) is 4.27. The van der Waals surface area contributed by atoms with Crippen molar-refractivity contribution in [3.05, 3.63) is 26.8 Å². The Labute approximate surface area is 106 Å². The van der Waals surface area contributed by atoms with E-state index in [4.69, 9.17) is 0 Å². The summed E-state index contributed by atoms with van der Waals surface area (Å²) >= 11 is 1.92. The number of halogens is 3. The summed E-state index contributed by atoms with van der Waals surface area (Å²) in [5.74, 6) is 0.0517. The molecular formula is C11H11F2IO2.